The quantitative estimate of drug-likeness (QED) is 0.636. The molecule has 7 nitrogen and oxygen atoms in total. The van der Waals surface area contributed by atoms with Crippen LogP contribution in [-0.4, -0.2) is 25.7 Å². The molecule has 0 saturated carbocycles. The minimum absolute atomic E-state index is 0.0939. The van der Waals surface area contributed by atoms with Crippen LogP contribution >= 0.6 is 0 Å². The van der Waals surface area contributed by atoms with E-state index in [1.165, 1.54) is 6.07 Å². The third-order valence-electron chi connectivity index (χ3n) is 4.41. The molecule has 29 heavy (non-hydrogen) atoms. The fraction of sp³-hybridized carbons (Fsp3) is 0.238. The molecule has 0 aliphatic heterocycles. The summed E-state index contributed by atoms with van der Waals surface area (Å²) in [7, 11) is -3.43. The summed E-state index contributed by atoms with van der Waals surface area (Å²) < 4.78 is 34.6. The lowest BCUT2D eigenvalue weighted by Crippen LogP contribution is -2.16. The molecule has 0 saturated heterocycles. The number of hydrogen-bond acceptors (Lipinski definition) is 6. The maximum Gasteiger partial charge on any atom is 0.228 e. The molecular weight excluding hydrogens is 392 g/mol. The first-order valence-corrected chi connectivity index (χ1v) is 10.9. The summed E-state index contributed by atoms with van der Waals surface area (Å²) in [6.07, 6.45) is 1.22. The molecule has 0 spiro atoms. The number of benzene rings is 2. The van der Waals surface area contributed by atoms with Gasteiger partial charge in [0.15, 0.2) is 9.84 Å². The Kier molecular flexibility index (Phi) is 6.03. The third kappa shape index (κ3) is 5.23. The Morgan fingerprint density at radius 3 is 2.41 bits per heavy atom. The van der Waals surface area contributed by atoms with Crippen LogP contribution in [0.15, 0.2) is 57.9 Å². The van der Waals surface area contributed by atoms with E-state index in [0.29, 0.717) is 12.4 Å². The van der Waals surface area contributed by atoms with Gasteiger partial charge in [0.2, 0.25) is 5.91 Å². The molecule has 0 unspecified atom stereocenters. The molecule has 1 aromatic heterocycles. The first kappa shape index (κ1) is 20.6. The number of para-hydroxylation sites is 1. The summed E-state index contributed by atoms with van der Waals surface area (Å²) in [5.41, 5.74) is 2.77. The minimum atomic E-state index is -3.43. The SMILES string of the molecule is Cc1noc(C)c1COc1ccc(CC(=O)Nc2ccccc2S(C)(=O)=O)cc1. The van der Waals surface area contributed by atoms with Crippen molar-refractivity contribution in [3.8, 4) is 5.75 Å². The van der Waals surface area contributed by atoms with E-state index in [2.05, 4.69) is 10.5 Å². The molecule has 1 amide bonds. The number of nitrogens with one attached hydrogen (secondary N) is 1. The number of rotatable bonds is 7. The maximum atomic E-state index is 12.3. The number of sulfone groups is 1. The van der Waals surface area contributed by atoms with Crippen molar-refractivity contribution in [2.24, 2.45) is 0 Å². The van der Waals surface area contributed by atoms with Gasteiger partial charge in [-0.05, 0) is 43.7 Å². The van der Waals surface area contributed by atoms with Crippen molar-refractivity contribution < 1.29 is 22.5 Å². The molecule has 8 heteroatoms. The molecule has 0 atom stereocenters. The summed E-state index contributed by atoms with van der Waals surface area (Å²) in [4.78, 5) is 12.4. The maximum absolute atomic E-state index is 12.3. The van der Waals surface area contributed by atoms with E-state index in [1.54, 1.807) is 42.5 Å². The Hall–Kier alpha value is -3.13. The van der Waals surface area contributed by atoms with Gasteiger partial charge >= 0.3 is 0 Å². The van der Waals surface area contributed by atoms with Crippen molar-refractivity contribution in [2.75, 3.05) is 11.6 Å². The monoisotopic (exact) mass is 414 g/mol. The van der Waals surface area contributed by atoms with Crippen LogP contribution in [0.2, 0.25) is 0 Å². The summed E-state index contributed by atoms with van der Waals surface area (Å²) in [6, 6.07) is 13.5. The molecule has 0 radical (unpaired) electrons. The normalized spacial score (nSPS) is 11.3. The summed E-state index contributed by atoms with van der Waals surface area (Å²) in [6.45, 7) is 4.05. The number of nitrogens with zero attached hydrogens (tertiary/aromatic N) is 1. The predicted molar refractivity (Wildman–Crippen MR) is 109 cm³/mol. The van der Waals surface area contributed by atoms with Crippen molar-refractivity contribution in [1.82, 2.24) is 5.16 Å². The largest absolute Gasteiger partial charge is 0.489 e. The number of aromatic nitrogens is 1. The van der Waals surface area contributed by atoms with Crippen LogP contribution in [0.4, 0.5) is 5.69 Å². The number of carbonyl (C=O) groups excluding carboxylic acids is 1. The molecule has 3 rings (SSSR count). The number of carbonyl (C=O) groups is 1. The summed E-state index contributed by atoms with van der Waals surface area (Å²) >= 11 is 0. The van der Waals surface area contributed by atoms with E-state index in [4.69, 9.17) is 9.26 Å². The van der Waals surface area contributed by atoms with Gasteiger partial charge in [-0.25, -0.2) is 8.42 Å². The van der Waals surface area contributed by atoms with Crippen LogP contribution in [0, 0.1) is 13.8 Å². The lowest BCUT2D eigenvalue weighted by molar-refractivity contribution is -0.115. The van der Waals surface area contributed by atoms with Crippen LogP contribution in [0.25, 0.3) is 0 Å². The molecule has 1 heterocycles. The van der Waals surface area contributed by atoms with Crippen LogP contribution in [0.5, 0.6) is 5.75 Å². The Bertz CT molecular complexity index is 1100. The van der Waals surface area contributed by atoms with E-state index < -0.39 is 9.84 Å². The number of anilines is 1. The molecule has 0 aliphatic carbocycles. The van der Waals surface area contributed by atoms with E-state index >= 15 is 0 Å². The van der Waals surface area contributed by atoms with Crippen LogP contribution in [0.1, 0.15) is 22.6 Å². The molecule has 152 valence electrons. The number of ether oxygens (including phenoxy) is 1. The topological polar surface area (TPSA) is 98.5 Å². The van der Waals surface area contributed by atoms with Crippen molar-refractivity contribution in [3.05, 3.63) is 71.1 Å². The van der Waals surface area contributed by atoms with Gasteiger partial charge in [0.05, 0.1) is 28.3 Å². The first-order valence-electron chi connectivity index (χ1n) is 8.96. The van der Waals surface area contributed by atoms with Gasteiger partial charge < -0.3 is 14.6 Å². The second-order valence-electron chi connectivity index (χ2n) is 6.73. The molecule has 3 aromatic rings. The molecule has 1 N–H and O–H groups in total. The van der Waals surface area contributed by atoms with Gasteiger partial charge in [-0.15, -0.1) is 0 Å². The molecule has 2 aromatic carbocycles. The molecule has 0 fully saturated rings. The lowest BCUT2D eigenvalue weighted by atomic mass is 10.1. The highest BCUT2D eigenvalue weighted by molar-refractivity contribution is 7.90. The van der Waals surface area contributed by atoms with Gasteiger partial charge in [0.1, 0.15) is 18.1 Å². The van der Waals surface area contributed by atoms with E-state index in [-0.39, 0.29) is 22.9 Å². The lowest BCUT2D eigenvalue weighted by Gasteiger charge is -2.10. The summed E-state index contributed by atoms with van der Waals surface area (Å²) in [5.74, 6) is 1.09. The Morgan fingerprint density at radius 2 is 1.79 bits per heavy atom. The average Bonchev–Trinajstić information content (AvgIpc) is 2.98. The fourth-order valence-corrected chi connectivity index (χ4v) is 3.68. The zero-order valence-electron chi connectivity index (χ0n) is 16.4. The molecule has 0 bridgehead atoms. The highest BCUT2D eigenvalue weighted by Gasteiger charge is 2.15. The van der Waals surface area contributed by atoms with Crippen molar-refractivity contribution in [1.29, 1.82) is 0 Å². The van der Waals surface area contributed by atoms with Crippen molar-refractivity contribution in [2.45, 2.75) is 31.8 Å². The molecular formula is C21H22N2O5S. The minimum Gasteiger partial charge on any atom is -0.489 e. The zero-order chi connectivity index (χ0) is 21.0. The Balaban J connectivity index is 1.61. The van der Waals surface area contributed by atoms with Crippen LogP contribution < -0.4 is 10.1 Å². The van der Waals surface area contributed by atoms with Gasteiger partial charge in [-0.2, -0.15) is 0 Å². The van der Waals surface area contributed by atoms with Gasteiger partial charge in [0.25, 0.3) is 0 Å². The average molecular weight is 414 g/mol. The third-order valence-corrected chi connectivity index (χ3v) is 5.57. The van der Waals surface area contributed by atoms with Crippen molar-refractivity contribution >= 4 is 21.4 Å². The second kappa shape index (κ2) is 8.48. The van der Waals surface area contributed by atoms with Crippen LogP contribution in [0.3, 0.4) is 0 Å². The van der Waals surface area contributed by atoms with E-state index in [9.17, 15) is 13.2 Å². The van der Waals surface area contributed by atoms with Crippen LogP contribution in [-0.2, 0) is 27.7 Å². The fourth-order valence-electron chi connectivity index (χ4n) is 2.84. The zero-order valence-corrected chi connectivity index (χ0v) is 17.2. The van der Waals surface area contributed by atoms with Gasteiger partial charge in [0, 0.05) is 6.26 Å². The first-order chi connectivity index (χ1) is 13.7. The van der Waals surface area contributed by atoms with E-state index in [1.807, 2.05) is 13.8 Å². The van der Waals surface area contributed by atoms with Gasteiger partial charge in [-0.3, -0.25) is 4.79 Å². The second-order valence-corrected chi connectivity index (χ2v) is 8.71. The van der Waals surface area contributed by atoms with E-state index in [0.717, 1.165) is 28.8 Å². The molecule has 0 aliphatic rings. The highest BCUT2D eigenvalue weighted by atomic mass is 32.2. The predicted octanol–water partition coefficient (Wildman–Crippen LogP) is 3.46. The number of aryl methyl sites for hydroxylation is 2. The van der Waals surface area contributed by atoms with Crippen molar-refractivity contribution in [3.63, 3.8) is 0 Å². The standard InChI is InChI=1S/C21H22N2O5S/c1-14-18(15(2)28-23-14)13-27-17-10-8-16(9-11-17)12-21(24)22-19-6-4-5-7-20(19)29(3,25)26/h4-11H,12-13H2,1-3H3,(H,22,24). The Morgan fingerprint density at radius 1 is 1.10 bits per heavy atom. The highest BCUT2D eigenvalue weighted by Crippen LogP contribution is 2.21. The van der Waals surface area contributed by atoms with Gasteiger partial charge in [-0.1, -0.05) is 29.4 Å². The Labute approximate surface area is 169 Å². The smallest absolute Gasteiger partial charge is 0.228 e. The number of amides is 1. The number of hydrogen-bond donors (Lipinski definition) is 1. The summed E-state index contributed by atoms with van der Waals surface area (Å²) in [5, 5.41) is 6.56.